The summed E-state index contributed by atoms with van der Waals surface area (Å²) >= 11 is 5.06. The predicted molar refractivity (Wildman–Crippen MR) is 85.1 cm³/mol. The first-order chi connectivity index (χ1) is 9.13. The van der Waals surface area contributed by atoms with Gasteiger partial charge in [-0.3, -0.25) is 4.79 Å². The van der Waals surface area contributed by atoms with Crippen LogP contribution >= 0.6 is 27.7 Å². The van der Waals surface area contributed by atoms with Crippen molar-refractivity contribution in [3.63, 3.8) is 0 Å². The number of anilines is 1. The van der Waals surface area contributed by atoms with Crippen LogP contribution in [0.25, 0.3) is 0 Å². The maximum atomic E-state index is 12.3. The van der Waals surface area contributed by atoms with E-state index in [1.54, 1.807) is 11.8 Å². The van der Waals surface area contributed by atoms with Crippen LogP contribution < -0.4 is 5.32 Å². The van der Waals surface area contributed by atoms with Crippen molar-refractivity contribution in [3.05, 3.63) is 58.1 Å². The summed E-state index contributed by atoms with van der Waals surface area (Å²) in [5, 5.41) is 2.97. The average molecular weight is 336 g/mol. The number of nitrogens with one attached hydrogen (secondary N) is 1. The van der Waals surface area contributed by atoms with E-state index in [1.165, 1.54) is 0 Å². The Bertz CT molecular complexity index is 613. The van der Waals surface area contributed by atoms with Crippen LogP contribution in [0.3, 0.4) is 0 Å². The minimum Gasteiger partial charge on any atom is -0.321 e. The van der Waals surface area contributed by atoms with Crippen molar-refractivity contribution in [3.8, 4) is 0 Å². The summed E-state index contributed by atoms with van der Waals surface area (Å²) in [7, 11) is 0. The summed E-state index contributed by atoms with van der Waals surface area (Å²) in [6.45, 7) is 1.93. The Balaban J connectivity index is 2.28. The van der Waals surface area contributed by atoms with Gasteiger partial charge in [0.25, 0.3) is 5.91 Å². The summed E-state index contributed by atoms with van der Waals surface area (Å²) in [5.41, 5.74) is 2.48. The molecule has 0 fully saturated rings. The number of amides is 1. The standard InChI is InChI=1S/C15H14BrNOS/c1-10-11(6-5-7-12(10)16)15(18)17-13-8-3-4-9-14(13)19-2/h3-9H,1-2H3,(H,17,18). The molecule has 1 N–H and O–H groups in total. The monoisotopic (exact) mass is 335 g/mol. The van der Waals surface area contributed by atoms with Gasteiger partial charge in [-0.05, 0) is 43.0 Å². The Morgan fingerprint density at radius 2 is 1.89 bits per heavy atom. The first-order valence-electron chi connectivity index (χ1n) is 5.83. The van der Waals surface area contributed by atoms with Crippen molar-refractivity contribution < 1.29 is 4.79 Å². The van der Waals surface area contributed by atoms with Crippen molar-refractivity contribution in [2.75, 3.05) is 11.6 Å². The summed E-state index contributed by atoms with van der Waals surface area (Å²) < 4.78 is 0.943. The van der Waals surface area contributed by atoms with E-state index in [9.17, 15) is 4.79 Å². The predicted octanol–water partition coefficient (Wildman–Crippen LogP) is 4.73. The lowest BCUT2D eigenvalue weighted by Gasteiger charge is -2.11. The lowest BCUT2D eigenvalue weighted by Crippen LogP contribution is -2.14. The SMILES string of the molecule is CSc1ccccc1NC(=O)c1cccc(Br)c1C. The van der Waals surface area contributed by atoms with Crippen LogP contribution in [0.5, 0.6) is 0 Å². The zero-order valence-corrected chi connectivity index (χ0v) is 13.1. The Morgan fingerprint density at radius 3 is 2.63 bits per heavy atom. The Hall–Kier alpha value is -1.26. The third-order valence-electron chi connectivity index (χ3n) is 2.87. The third-order valence-corrected chi connectivity index (χ3v) is 4.52. The van der Waals surface area contributed by atoms with E-state index in [2.05, 4.69) is 21.2 Å². The van der Waals surface area contributed by atoms with Crippen molar-refractivity contribution in [1.82, 2.24) is 0 Å². The van der Waals surface area contributed by atoms with Gasteiger partial charge in [-0.25, -0.2) is 0 Å². The highest BCUT2D eigenvalue weighted by Gasteiger charge is 2.12. The molecule has 0 heterocycles. The van der Waals surface area contributed by atoms with Crippen LogP contribution in [-0.4, -0.2) is 12.2 Å². The highest BCUT2D eigenvalue weighted by atomic mass is 79.9. The molecule has 0 atom stereocenters. The highest BCUT2D eigenvalue weighted by Crippen LogP contribution is 2.26. The molecule has 2 aromatic rings. The molecule has 0 unspecified atom stereocenters. The van der Waals surface area contributed by atoms with Gasteiger partial charge < -0.3 is 5.32 Å². The first kappa shape index (κ1) is 14.2. The molecule has 2 aromatic carbocycles. The van der Waals surface area contributed by atoms with E-state index in [0.717, 1.165) is 20.6 Å². The Morgan fingerprint density at radius 1 is 1.16 bits per heavy atom. The van der Waals surface area contributed by atoms with Gasteiger partial charge in [-0.15, -0.1) is 11.8 Å². The number of carbonyl (C=O) groups excluding carboxylic acids is 1. The lowest BCUT2D eigenvalue weighted by molar-refractivity contribution is 0.102. The zero-order chi connectivity index (χ0) is 13.8. The third kappa shape index (κ3) is 3.19. The van der Waals surface area contributed by atoms with Crippen LogP contribution in [0, 0.1) is 6.92 Å². The Labute approximate surface area is 125 Å². The number of hydrogen-bond acceptors (Lipinski definition) is 2. The molecule has 0 aliphatic heterocycles. The van der Waals surface area contributed by atoms with Crippen molar-refractivity contribution in [2.45, 2.75) is 11.8 Å². The molecule has 0 aromatic heterocycles. The van der Waals surface area contributed by atoms with Gasteiger partial charge in [0, 0.05) is 14.9 Å². The fourth-order valence-corrected chi connectivity index (χ4v) is 2.71. The second-order valence-corrected chi connectivity index (χ2v) is 5.77. The van der Waals surface area contributed by atoms with Crippen LogP contribution in [0.2, 0.25) is 0 Å². The molecule has 0 bridgehead atoms. The van der Waals surface area contributed by atoms with Crippen LogP contribution in [-0.2, 0) is 0 Å². The van der Waals surface area contributed by atoms with Gasteiger partial charge in [0.15, 0.2) is 0 Å². The number of rotatable bonds is 3. The average Bonchev–Trinajstić information content (AvgIpc) is 2.42. The summed E-state index contributed by atoms with van der Waals surface area (Å²) in [4.78, 5) is 13.4. The highest BCUT2D eigenvalue weighted by molar-refractivity contribution is 9.10. The largest absolute Gasteiger partial charge is 0.321 e. The van der Waals surface area contributed by atoms with E-state index in [0.29, 0.717) is 5.56 Å². The number of carbonyl (C=O) groups is 1. The molecule has 0 spiro atoms. The van der Waals surface area contributed by atoms with Crippen LogP contribution in [0.15, 0.2) is 51.8 Å². The molecule has 0 radical (unpaired) electrons. The molecule has 2 nitrogen and oxygen atoms in total. The van der Waals surface area contributed by atoms with E-state index in [1.807, 2.05) is 55.6 Å². The molecule has 1 amide bonds. The van der Waals surface area contributed by atoms with E-state index in [-0.39, 0.29) is 5.91 Å². The van der Waals surface area contributed by atoms with Gasteiger partial charge in [-0.1, -0.05) is 34.1 Å². The molecule has 0 aliphatic rings. The van der Waals surface area contributed by atoms with Crippen molar-refractivity contribution >= 4 is 39.3 Å². The van der Waals surface area contributed by atoms with Crippen molar-refractivity contribution in [1.29, 1.82) is 0 Å². The molecule has 0 aliphatic carbocycles. The fourth-order valence-electron chi connectivity index (χ4n) is 1.79. The molecule has 0 saturated heterocycles. The summed E-state index contributed by atoms with van der Waals surface area (Å²) in [6, 6.07) is 13.4. The minimum atomic E-state index is -0.0831. The zero-order valence-electron chi connectivity index (χ0n) is 10.7. The quantitative estimate of drug-likeness (QED) is 0.821. The number of benzene rings is 2. The van der Waals surface area contributed by atoms with Gasteiger partial charge in [0.2, 0.25) is 0 Å². The maximum Gasteiger partial charge on any atom is 0.255 e. The van der Waals surface area contributed by atoms with Gasteiger partial charge in [0.1, 0.15) is 0 Å². The second-order valence-electron chi connectivity index (χ2n) is 4.07. The fraction of sp³-hybridized carbons (Fsp3) is 0.133. The number of thioether (sulfide) groups is 1. The summed E-state index contributed by atoms with van der Waals surface area (Å²) in [6.07, 6.45) is 2.00. The molecule has 0 saturated carbocycles. The topological polar surface area (TPSA) is 29.1 Å². The molecular formula is C15H14BrNOS. The van der Waals surface area contributed by atoms with Gasteiger partial charge >= 0.3 is 0 Å². The summed E-state index contributed by atoms with van der Waals surface area (Å²) in [5.74, 6) is -0.0831. The van der Waals surface area contributed by atoms with E-state index < -0.39 is 0 Å². The van der Waals surface area contributed by atoms with E-state index in [4.69, 9.17) is 0 Å². The van der Waals surface area contributed by atoms with Crippen LogP contribution in [0.1, 0.15) is 15.9 Å². The number of para-hydroxylation sites is 1. The molecule has 4 heteroatoms. The minimum absolute atomic E-state index is 0.0831. The van der Waals surface area contributed by atoms with E-state index >= 15 is 0 Å². The smallest absolute Gasteiger partial charge is 0.255 e. The van der Waals surface area contributed by atoms with Crippen LogP contribution in [0.4, 0.5) is 5.69 Å². The number of hydrogen-bond donors (Lipinski definition) is 1. The number of halogens is 1. The van der Waals surface area contributed by atoms with Gasteiger partial charge in [-0.2, -0.15) is 0 Å². The normalized spacial score (nSPS) is 10.3. The molecule has 98 valence electrons. The molecular weight excluding hydrogens is 322 g/mol. The molecule has 2 rings (SSSR count). The second kappa shape index (κ2) is 6.26. The van der Waals surface area contributed by atoms with Crippen molar-refractivity contribution in [2.24, 2.45) is 0 Å². The lowest BCUT2D eigenvalue weighted by atomic mass is 10.1. The van der Waals surface area contributed by atoms with Gasteiger partial charge in [0.05, 0.1) is 5.69 Å². The molecule has 19 heavy (non-hydrogen) atoms. The maximum absolute atomic E-state index is 12.3. The Kier molecular flexibility index (Phi) is 4.66. The first-order valence-corrected chi connectivity index (χ1v) is 7.84.